The van der Waals surface area contributed by atoms with Crippen molar-refractivity contribution in [1.29, 1.82) is 0 Å². The van der Waals surface area contributed by atoms with Gasteiger partial charge in [0.05, 0.1) is 5.92 Å². The summed E-state index contributed by atoms with van der Waals surface area (Å²) in [4.78, 5) is 30.6. The number of benzene rings is 2. The average molecular weight is 422 g/mol. The molecule has 0 radical (unpaired) electrons. The molecule has 0 bridgehead atoms. The molecule has 4 rings (SSSR count). The highest BCUT2D eigenvalue weighted by Gasteiger charge is 2.30. The van der Waals surface area contributed by atoms with Crippen molar-refractivity contribution in [3.8, 4) is 0 Å². The third kappa shape index (κ3) is 5.09. The Balaban J connectivity index is 1.35. The second-order valence-electron chi connectivity index (χ2n) is 9.46. The zero-order chi connectivity index (χ0) is 21.8. The highest BCUT2D eigenvalue weighted by molar-refractivity contribution is 6.07. The first-order chi connectivity index (χ1) is 15.0. The third-order valence-electron chi connectivity index (χ3n) is 6.95. The molecule has 2 fully saturated rings. The number of nitrogens with one attached hydrogen (secondary N) is 1. The van der Waals surface area contributed by atoms with E-state index in [-0.39, 0.29) is 17.7 Å². The van der Waals surface area contributed by atoms with Crippen LogP contribution in [-0.2, 0) is 4.79 Å². The molecule has 2 aromatic rings. The number of hydrogen-bond donors (Lipinski definition) is 1. The summed E-state index contributed by atoms with van der Waals surface area (Å²) in [5.74, 6) is 0.556. The van der Waals surface area contributed by atoms with E-state index in [9.17, 15) is 9.59 Å². The van der Waals surface area contributed by atoms with Crippen molar-refractivity contribution in [2.24, 2.45) is 11.8 Å². The number of hydrogen-bond acceptors (Lipinski definition) is 3. The lowest BCUT2D eigenvalue weighted by Gasteiger charge is -2.36. The number of likely N-dealkylation sites (tertiary alicyclic amines) is 2. The van der Waals surface area contributed by atoms with Gasteiger partial charge in [0.1, 0.15) is 0 Å². The summed E-state index contributed by atoms with van der Waals surface area (Å²) in [6, 6.07) is 14.4. The average Bonchev–Trinajstić information content (AvgIpc) is 2.82. The van der Waals surface area contributed by atoms with Gasteiger partial charge in [0.15, 0.2) is 0 Å². The lowest BCUT2D eigenvalue weighted by atomic mass is 9.94. The van der Waals surface area contributed by atoms with E-state index in [0.29, 0.717) is 18.5 Å². The van der Waals surface area contributed by atoms with Gasteiger partial charge >= 0.3 is 0 Å². The third-order valence-corrected chi connectivity index (χ3v) is 6.95. The van der Waals surface area contributed by atoms with Gasteiger partial charge in [-0.2, -0.15) is 0 Å². The smallest absolute Gasteiger partial charge is 0.254 e. The van der Waals surface area contributed by atoms with E-state index >= 15 is 0 Å². The Morgan fingerprint density at radius 3 is 2.61 bits per heavy atom. The molecule has 166 valence electrons. The van der Waals surface area contributed by atoms with E-state index in [2.05, 4.69) is 24.1 Å². The molecule has 0 aromatic heterocycles. The SMILES string of the molecule is CC(C)N1CCCC(CNC(=O)C2CCCN(C(=O)c3cccc4ccccc34)C2)C1. The van der Waals surface area contributed by atoms with E-state index in [4.69, 9.17) is 0 Å². The molecular formula is C26H35N3O2. The Morgan fingerprint density at radius 2 is 1.77 bits per heavy atom. The van der Waals surface area contributed by atoms with Crippen LogP contribution < -0.4 is 5.32 Å². The second-order valence-corrected chi connectivity index (χ2v) is 9.46. The van der Waals surface area contributed by atoms with Crippen LogP contribution in [0.3, 0.4) is 0 Å². The Bertz CT molecular complexity index is 921. The van der Waals surface area contributed by atoms with Crippen LogP contribution in [0, 0.1) is 11.8 Å². The van der Waals surface area contributed by atoms with Crippen molar-refractivity contribution in [3.63, 3.8) is 0 Å². The van der Waals surface area contributed by atoms with Gasteiger partial charge in [-0.15, -0.1) is 0 Å². The molecule has 2 saturated heterocycles. The number of carbonyl (C=O) groups excluding carboxylic acids is 2. The molecular weight excluding hydrogens is 386 g/mol. The van der Waals surface area contributed by atoms with Crippen molar-refractivity contribution in [1.82, 2.24) is 15.1 Å². The van der Waals surface area contributed by atoms with Crippen molar-refractivity contribution >= 4 is 22.6 Å². The number of rotatable bonds is 5. The predicted octanol–water partition coefficient (Wildman–Crippen LogP) is 3.93. The van der Waals surface area contributed by atoms with Crippen LogP contribution in [0.5, 0.6) is 0 Å². The Morgan fingerprint density at radius 1 is 1.00 bits per heavy atom. The molecule has 0 saturated carbocycles. The summed E-state index contributed by atoms with van der Waals surface area (Å²) in [6.07, 6.45) is 4.11. The number of piperidine rings is 2. The Kier molecular flexibility index (Phi) is 6.91. The van der Waals surface area contributed by atoms with Gasteiger partial charge in [0, 0.05) is 37.8 Å². The lowest BCUT2D eigenvalue weighted by molar-refractivity contribution is -0.126. The number of amides is 2. The molecule has 1 N–H and O–H groups in total. The molecule has 31 heavy (non-hydrogen) atoms. The molecule has 2 heterocycles. The fraction of sp³-hybridized carbons (Fsp3) is 0.538. The van der Waals surface area contributed by atoms with Crippen LogP contribution in [0.2, 0.25) is 0 Å². The van der Waals surface area contributed by atoms with Crippen LogP contribution in [0.1, 0.15) is 49.9 Å². The Hall–Kier alpha value is -2.40. The Labute approximate surface area is 185 Å². The minimum atomic E-state index is -0.113. The van der Waals surface area contributed by atoms with Crippen LogP contribution in [-0.4, -0.2) is 60.4 Å². The standard InChI is InChI=1S/C26H35N3O2/c1-19(2)28-14-6-8-20(17-28)16-27-25(30)22-11-7-15-29(18-22)26(31)24-13-5-10-21-9-3-4-12-23(21)24/h3-5,9-10,12-13,19-20,22H,6-8,11,14-18H2,1-2H3,(H,27,30). The van der Waals surface area contributed by atoms with Crippen LogP contribution in [0.25, 0.3) is 10.8 Å². The summed E-state index contributed by atoms with van der Waals surface area (Å²) >= 11 is 0. The van der Waals surface area contributed by atoms with Crippen molar-refractivity contribution < 1.29 is 9.59 Å². The topological polar surface area (TPSA) is 52.7 Å². The van der Waals surface area contributed by atoms with Gasteiger partial charge < -0.3 is 15.1 Å². The first-order valence-corrected chi connectivity index (χ1v) is 11.8. The molecule has 0 spiro atoms. The van der Waals surface area contributed by atoms with E-state index in [0.717, 1.165) is 55.4 Å². The second kappa shape index (κ2) is 9.82. The minimum Gasteiger partial charge on any atom is -0.355 e. The van der Waals surface area contributed by atoms with Gasteiger partial charge in [-0.25, -0.2) is 0 Å². The van der Waals surface area contributed by atoms with E-state index in [1.165, 1.54) is 12.8 Å². The summed E-state index contributed by atoms with van der Waals surface area (Å²) in [5.41, 5.74) is 0.732. The van der Waals surface area contributed by atoms with E-state index in [1.807, 2.05) is 47.4 Å². The lowest BCUT2D eigenvalue weighted by Crippen LogP contribution is -2.48. The monoisotopic (exact) mass is 421 g/mol. The normalized spacial score (nSPS) is 22.6. The summed E-state index contributed by atoms with van der Waals surface area (Å²) in [7, 11) is 0. The van der Waals surface area contributed by atoms with Gasteiger partial charge in [0.2, 0.25) is 5.91 Å². The van der Waals surface area contributed by atoms with Gasteiger partial charge in [-0.05, 0) is 68.8 Å². The fourth-order valence-corrected chi connectivity index (χ4v) is 5.08. The van der Waals surface area contributed by atoms with Gasteiger partial charge in [0.25, 0.3) is 5.91 Å². The number of nitrogens with zero attached hydrogens (tertiary/aromatic N) is 2. The van der Waals surface area contributed by atoms with Crippen molar-refractivity contribution in [2.45, 2.75) is 45.6 Å². The number of fused-ring (bicyclic) bond motifs is 1. The van der Waals surface area contributed by atoms with Crippen molar-refractivity contribution in [2.75, 3.05) is 32.7 Å². The highest BCUT2D eigenvalue weighted by atomic mass is 16.2. The largest absolute Gasteiger partial charge is 0.355 e. The maximum absolute atomic E-state index is 13.3. The molecule has 2 aliphatic heterocycles. The molecule has 2 aromatic carbocycles. The van der Waals surface area contributed by atoms with Crippen molar-refractivity contribution in [3.05, 3.63) is 48.0 Å². The zero-order valence-corrected chi connectivity index (χ0v) is 18.8. The minimum absolute atomic E-state index is 0.0363. The van der Waals surface area contributed by atoms with E-state index in [1.54, 1.807) is 0 Å². The molecule has 5 heteroatoms. The molecule has 5 nitrogen and oxygen atoms in total. The summed E-state index contributed by atoms with van der Waals surface area (Å²) in [5, 5.41) is 5.26. The first-order valence-electron chi connectivity index (χ1n) is 11.8. The molecule has 2 aliphatic rings. The van der Waals surface area contributed by atoms with Crippen LogP contribution in [0.15, 0.2) is 42.5 Å². The van der Waals surface area contributed by atoms with Crippen LogP contribution >= 0.6 is 0 Å². The molecule has 2 unspecified atom stereocenters. The summed E-state index contributed by atoms with van der Waals surface area (Å²) < 4.78 is 0. The molecule has 0 aliphatic carbocycles. The summed E-state index contributed by atoms with van der Waals surface area (Å²) in [6.45, 7) is 8.68. The molecule has 2 amide bonds. The molecule has 2 atom stereocenters. The first kappa shape index (κ1) is 21.8. The van der Waals surface area contributed by atoms with E-state index < -0.39 is 0 Å². The fourth-order valence-electron chi connectivity index (χ4n) is 5.08. The maximum atomic E-state index is 13.3. The van der Waals surface area contributed by atoms with Gasteiger partial charge in [-0.1, -0.05) is 36.4 Å². The zero-order valence-electron chi connectivity index (χ0n) is 18.8. The van der Waals surface area contributed by atoms with Crippen LogP contribution in [0.4, 0.5) is 0 Å². The van der Waals surface area contributed by atoms with Gasteiger partial charge in [-0.3, -0.25) is 9.59 Å². The maximum Gasteiger partial charge on any atom is 0.254 e. The highest BCUT2D eigenvalue weighted by Crippen LogP contribution is 2.24. The quantitative estimate of drug-likeness (QED) is 0.796. The number of carbonyl (C=O) groups is 2. The predicted molar refractivity (Wildman–Crippen MR) is 125 cm³/mol.